The van der Waals surface area contributed by atoms with Gasteiger partial charge in [-0.05, 0) is 82.9 Å². The number of furan rings is 1. The van der Waals surface area contributed by atoms with Gasteiger partial charge in [0.1, 0.15) is 11.2 Å². The van der Waals surface area contributed by atoms with Gasteiger partial charge < -0.3 is 8.98 Å². The average molecular weight is 654 g/mol. The predicted molar refractivity (Wildman–Crippen MR) is 210 cm³/mol. The molecule has 0 atom stereocenters. The first-order chi connectivity index (χ1) is 25.0. The first-order valence-electron chi connectivity index (χ1n) is 17.5. The van der Waals surface area contributed by atoms with Crippen LogP contribution >= 0.6 is 0 Å². The first kappa shape index (κ1) is 28.3. The summed E-state index contributed by atoms with van der Waals surface area (Å²) in [5.41, 5.74) is 14.4. The van der Waals surface area contributed by atoms with Gasteiger partial charge >= 0.3 is 0 Å². The molecule has 0 unspecified atom stereocenters. The molecule has 4 nitrogen and oxygen atoms in total. The zero-order valence-corrected chi connectivity index (χ0v) is 28.2. The van der Waals surface area contributed by atoms with Gasteiger partial charge in [-0.2, -0.15) is 0 Å². The van der Waals surface area contributed by atoms with Crippen LogP contribution in [0, 0.1) is 0 Å². The highest BCUT2D eigenvalue weighted by Gasteiger charge is 2.38. The summed E-state index contributed by atoms with van der Waals surface area (Å²) in [6.45, 7) is 4.71. The molecule has 0 fully saturated rings. The van der Waals surface area contributed by atoms with Gasteiger partial charge in [-0.1, -0.05) is 105 Å². The normalized spacial score (nSPS) is 13.5. The van der Waals surface area contributed by atoms with Crippen molar-refractivity contribution in [3.63, 3.8) is 0 Å². The molecule has 0 bridgehead atoms. The van der Waals surface area contributed by atoms with Crippen molar-refractivity contribution in [2.24, 2.45) is 0 Å². The lowest BCUT2D eigenvalue weighted by molar-refractivity contribution is 0.658. The number of nitrogens with zero attached hydrogens (tertiary/aromatic N) is 3. The van der Waals surface area contributed by atoms with Gasteiger partial charge in [0.25, 0.3) is 0 Å². The molecule has 1 aliphatic rings. The molecule has 7 aromatic carbocycles. The van der Waals surface area contributed by atoms with Crippen LogP contribution in [0.15, 0.2) is 156 Å². The van der Waals surface area contributed by atoms with Crippen LogP contribution in [0.25, 0.3) is 94.1 Å². The van der Waals surface area contributed by atoms with E-state index in [2.05, 4.69) is 146 Å². The van der Waals surface area contributed by atoms with E-state index < -0.39 is 0 Å². The topological polar surface area (TPSA) is 43.9 Å². The molecule has 4 heteroatoms. The minimum absolute atomic E-state index is 0.158. The second-order valence-electron chi connectivity index (χ2n) is 14.2. The minimum atomic E-state index is -0.158. The van der Waals surface area contributed by atoms with Crippen LogP contribution in [0.4, 0.5) is 0 Å². The Kier molecular flexibility index (Phi) is 5.70. The van der Waals surface area contributed by atoms with Crippen molar-refractivity contribution in [2.75, 3.05) is 0 Å². The summed E-state index contributed by atoms with van der Waals surface area (Å²) in [5.74, 6) is 0.717. The SMILES string of the molecule is CC1(C)c2cc3c(cc2-c2c1ccc1c2c2ccccc2n1-c1ccc(-c2nc(-c4ccccc4)c4ccccc4n2)cc1)oc1ccccc13. The third kappa shape index (κ3) is 3.96. The van der Waals surface area contributed by atoms with Crippen molar-refractivity contribution < 1.29 is 4.42 Å². The molecule has 3 aromatic heterocycles. The second-order valence-corrected chi connectivity index (χ2v) is 14.2. The molecule has 0 N–H and O–H groups in total. The molecule has 0 aliphatic heterocycles. The van der Waals surface area contributed by atoms with Gasteiger partial charge in [-0.15, -0.1) is 0 Å². The van der Waals surface area contributed by atoms with Gasteiger partial charge in [-0.3, -0.25) is 0 Å². The molecule has 0 saturated carbocycles. The number of hydrogen-bond donors (Lipinski definition) is 0. The quantitative estimate of drug-likeness (QED) is 0.191. The third-order valence-corrected chi connectivity index (χ3v) is 11.0. The lowest BCUT2D eigenvalue weighted by Crippen LogP contribution is -2.14. The molecule has 0 radical (unpaired) electrons. The maximum absolute atomic E-state index is 6.42. The highest BCUT2D eigenvalue weighted by Crippen LogP contribution is 2.54. The molecule has 10 aromatic rings. The van der Waals surface area contributed by atoms with E-state index in [0.29, 0.717) is 0 Å². The predicted octanol–water partition coefficient (Wildman–Crippen LogP) is 12.3. The third-order valence-electron chi connectivity index (χ3n) is 11.0. The van der Waals surface area contributed by atoms with Crippen LogP contribution in [0.3, 0.4) is 0 Å². The van der Waals surface area contributed by atoms with Crippen LogP contribution in [0.5, 0.6) is 0 Å². The van der Waals surface area contributed by atoms with Gasteiger partial charge in [0.15, 0.2) is 5.82 Å². The lowest BCUT2D eigenvalue weighted by atomic mass is 9.82. The van der Waals surface area contributed by atoms with E-state index in [4.69, 9.17) is 14.4 Å². The van der Waals surface area contributed by atoms with Crippen molar-refractivity contribution >= 4 is 54.6 Å². The van der Waals surface area contributed by atoms with E-state index in [1.807, 2.05) is 24.3 Å². The summed E-state index contributed by atoms with van der Waals surface area (Å²) >= 11 is 0. The van der Waals surface area contributed by atoms with Crippen molar-refractivity contribution in [2.45, 2.75) is 19.3 Å². The lowest BCUT2D eigenvalue weighted by Gasteiger charge is -2.21. The minimum Gasteiger partial charge on any atom is -0.456 e. The largest absolute Gasteiger partial charge is 0.456 e. The maximum atomic E-state index is 6.42. The summed E-state index contributed by atoms with van der Waals surface area (Å²) in [6, 6.07) is 53.8. The summed E-state index contributed by atoms with van der Waals surface area (Å²) in [4.78, 5) is 10.1. The smallest absolute Gasteiger partial charge is 0.160 e. The van der Waals surface area contributed by atoms with Crippen LogP contribution in [0.1, 0.15) is 25.0 Å². The zero-order chi connectivity index (χ0) is 33.8. The molecule has 0 spiro atoms. The molecule has 1 aliphatic carbocycles. The number of para-hydroxylation sites is 3. The number of benzene rings is 7. The molecular weight excluding hydrogens is 623 g/mol. The van der Waals surface area contributed by atoms with E-state index in [1.165, 1.54) is 49.4 Å². The second kappa shape index (κ2) is 10.3. The number of aromatic nitrogens is 3. The summed E-state index contributed by atoms with van der Waals surface area (Å²) < 4.78 is 8.82. The highest BCUT2D eigenvalue weighted by atomic mass is 16.3. The molecule has 0 amide bonds. The fourth-order valence-corrected chi connectivity index (χ4v) is 8.56. The summed E-state index contributed by atoms with van der Waals surface area (Å²) in [7, 11) is 0. The summed E-state index contributed by atoms with van der Waals surface area (Å²) in [6.07, 6.45) is 0. The maximum Gasteiger partial charge on any atom is 0.160 e. The monoisotopic (exact) mass is 653 g/mol. The van der Waals surface area contributed by atoms with Crippen LogP contribution in [-0.4, -0.2) is 14.5 Å². The van der Waals surface area contributed by atoms with Crippen molar-refractivity contribution in [3.05, 3.63) is 163 Å². The Balaban J connectivity index is 1.10. The first-order valence-corrected chi connectivity index (χ1v) is 17.5. The fourth-order valence-electron chi connectivity index (χ4n) is 8.56. The van der Waals surface area contributed by atoms with Crippen molar-refractivity contribution in [1.82, 2.24) is 14.5 Å². The molecule has 240 valence electrons. The fraction of sp³-hybridized carbons (Fsp3) is 0.0638. The standard InChI is InChI=1S/C47H31N3O/c1-47(2)36-24-25-40-44(43(36)35-27-42-34(26-37(35)47)31-14-8-11-19-41(31)51-42)33-16-7-10-18-39(33)50(40)30-22-20-29(21-23-30)46-48-38-17-9-6-15-32(38)45(49-46)28-12-4-3-5-13-28/h3-27H,1-2H3. The van der Waals surface area contributed by atoms with Gasteiger partial charge in [0.2, 0.25) is 0 Å². The Hall–Kier alpha value is -6.52. The average Bonchev–Trinajstić information content (AvgIpc) is 3.79. The Labute approximate surface area is 294 Å². The highest BCUT2D eigenvalue weighted by molar-refractivity contribution is 6.19. The molecule has 3 heterocycles. The Bertz CT molecular complexity index is 3040. The van der Waals surface area contributed by atoms with Gasteiger partial charge in [0, 0.05) is 49.2 Å². The Morgan fingerprint density at radius 2 is 1.25 bits per heavy atom. The van der Waals surface area contributed by atoms with Crippen LogP contribution < -0.4 is 0 Å². The van der Waals surface area contributed by atoms with Crippen LogP contribution in [-0.2, 0) is 5.41 Å². The van der Waals surface area contributed by atoms with E-state index in [1.54, 1.807) is 0 Å². The number of hydrogen-bond acceptors (Lipinski definition) is 3. The number of rotatable bonds is 3. The van der Waals surface area contributed by atoms with Crippen LogP contribution in [0.2, 0.25) is 0 Å². The van der Waals surface area contributed by atoms with Gasteiger partial charge in [-0.25, -0.2) is 9.97 Å². The molecule has 0 saturated heterocycles. The zero-order valence-electron chi connectivity index (χ0n) is 28.2. The van der Waals surface area contributed by atoms with Crippen molar-refractivity contribution in [3.8, 4) is 39.5 Å². The van der Waals surface area contributed by atoms with E-state index in [-0.39, 0.29) is 5.41 Å². The molecule has 11 rings (SSSR count). The van der Waals surface area contributed by atoms with Gasteiger partial charge in [0.05, 0.1) is 22.2 Å². The van der Waals surface area contributed by atoms with Crippen molar-refractivity contribution in [1.29, 1.82) is 0 Å². The van der Waals surface area contributed by atoms with E-state index >= 15 is 0 Å². The summed E-state index contributed by atoms with van der Waals surface area (Å²) in [5, 5.41) is 5.91. The number of fused-ring (bicyclic) bond motifs is 11. The molecular formula is C47H31N3O. The molecule has 51 heavy (non-hydrogen) atoms. The van der Waals surface area contributed by atoms with E-state index in [9.17, 15) is 0 Å². The Morgan fingerprint density at radius 3 is 2.10 bits per heavy atom. The Morgan fingerprint density at radius 1 is 0.529 bits per heavy atom. The van der Waals surface area contributed by atoms with E-state index in [0.717, 1.165) is 55.8 Å².